The van der Waals surface area contributed by atoms with Gasteiger partial charge < -0.3 is 32.5 Å². The predicted molar refractivity (Wildman–Crippen MR) is 112 cm³/mol. The van der Waals surface area contributed by atoms with Crippen LogP contribution < -0.4 is 27.4 Å². The van der Waals surface area contributed by atoms with Crippen molar-refractivity contribution in [3.63, 3.8) is 0 Å². The number of guanidine groups is 1. The van der Waals surface area contributed by atoms with Crippen molar-refractivity contribution in [3.8, 4) is 0 Å². The van der Waals surface area contributed by atoms with Gasteiger partial charge in [-0.1, -0.05) is 30.3 Å². The highest BCUT2D eigenvalue weighted by Crippen LogP contribution is 2.08. The van der Waals surface area contributed by atoms with Crippen LogP contribution in [0.25, 0.3) is 0 Å². The summed E-state index contributed by atoms with van der Waals surface area (Å²) in [6.45, 7) is 1.58. The van der Waals surface area contributed by atoms with Crippen LogP contribution in [0.4, 0.5) is 0 Å². The van der Waals surface area contributed by atoms with Crippen LogP contribution in [0.15, 0.2) is 35.3 Å². The summed E-state index contributed by atoms with van der Waals surface area (Å²) < 4.78 is 0. The van der Waals surface area contributed by atoms with E-state index in [-0.39, 0.29) is 24.0 Å². The summed E-state index contributed by atoms with van der Waals surface area (Å²) in [6, 6.07) is 8.70. The summed E-state index contributed by atoms with van der Waals surface area (Å²) in [5, 5.41) is 18.8. The predicted octanol–water partition coefficient (Wildman–Crippen LogP) is -0.438. The largest absolute Gasteiger partial charge is 0.480 e. The zero-order chi connectivity index (χ0) is 21.1. The number of benzene rings is 1. The normalized spacial score (nSPS) is 18.0. The molecule has 0 aromatic heterocycles. The van der Waals surface area contributed by atoms with E-state index >= 15 is 0 Å². The maximum Gasteiger partial charge on any atom is 0.320 e. The second-order valence-corrected chi connectivity index (χ2v) is 7.29. The van der Waals surface area contributed by atoms with Gasteiger partial charge in [0.2, 0.25) is 5.91 Å². The van der Waals surface area contributed by atoms with Gasteiger partial charge in [0.15, 0.2) is 5.96 Å². The van der Waals surface area contributed by atoms with Crippen molar-refractivity contribution in [1.29, 1.82) is 0 Å². The first-order valence-electron chi connectivity index (χ1n) is 10.0. The Kier molecular flexibility index (Phi) is 9.39. The van der Waals surface area contributed by atoms with Crippen LogP contribution in [0.1, 0.15) is 31.2 Å². The monoisotopic (exact) mass is 404 g/mol. The third-order valence-corrected chi connectivity index (χ3v) is 4.90. The molecule has 0 saturated carbocycles. The average molecular weight is 405 g/mol. The molecule has 0 bridgehead atoms. The van der Waals surface area contributed by atoms with Crippen molar-refractivity contribution in [3.05, 3.63) is 35.9 Å². The number of hydrogen-bond acceptors (Lipinski definition) is 5. The van der Waals surface area contributed by atoms with Crippen molar-refractivity contribution < 1.29 is 14.7 Å². The molecule has 0 radical (unpaired) electrons. The Morgan fingerprint density at radius 1 is 1.28 bits per heavy atom. The van der Waals surface area contributed by atoms with Crippen LogP contribution in [-0.4, -0.2) is 60.7 Å². The van der Waals surface area contributed by atoms with Gasteiger partial charge in [0, 0.05) is 19.1 Å². The Bertz CT molecular complexity index is 672. The molecule has 9 heteroatoms. The second kappa shape index (κ2) is 12.0. The number of aliphatic carboxylic acids is 1. The first kappa shape index (κ1) is 22.6. The smallest absolute Gasteiger partial charge is 0.320 e. The molecule has 9 nitrogen and oxygen atoms in total. The van der Waals surface area contributed by atoms with Crippen molar-refractivity contribution in [2.24, 2.45) is 16.5 Å². The zero-order valence-corrected chi connectivity index (χ0v) is 16.6. The van der Waals surface area contributed by atoms with Crippen molar-refractivity contribution >= 4 is 17.8 Å². The van der Waals surface area contributed by atoms with Crippen LogP contribution in [-0.2, 0) is 16.0 Å². The molecule has 3 atom stereocenters. The number of amides is 1. The summed E-state index contributed by atoms with van der Waals surface area (Å²) in [6.07, 6.45) is 3.36. The van der Waals surface area contributed by atoms with Crippen molar-refractivity contribution in [1.82, 2.24) is 16.0 Å². The first-order chi connectivity index (χ1) is 14.0. The van der Waals surface area contributed by atoms with Gasteiger partial charge in [0.05, 0.1) is 6.04 Å². The zero-order valence-electron chi connectivity index (χ0n) is 16.6. The SMILES string of the molecule is NC(N)=NCCC[C@H](NC[C@H](Cc1ccccc1)NC(=O)[C@@H]1CCCN1)C(=O)O. The van der Waals surface area contributed by atoms with Crippen molar-refractivity contribution in [2.75, 3.05) is 19.6 Å². The van der Waals surface area contributed by atoms with Crippen LogP contribution in [0.2, 0.25) is 0 Å². The molecular formula is C20H32N6O3. The molecule has 2 rings (SSSR count). The Labute approximate surface area is 171 Å². The molecule has 160 valence electrons. The van der Waals surface area contributed by atoms with E-state index in [2.05, 4.69) is 20.9 Å². The van der Waals surface area contributed by atoms with Crippen LogP contribution in [0.5, 0.6) is 0 Å². The van der Waals surface area contributed by atoms with Crippen LogP contribution >= 0.6 is 0 Å². The number of nitrogens with two attached hydrogens (primary N) is 2. The standard InChI is InChI=1S/C20H32N6O3/c21-20(22)24-11-5-9-17(19(28)29)25-13-15(12-14-6-2-1-3-7-14)26-18(27)16-8-4-10-23-16/h1-3,6-7,15-17,23,25H,4-5,8-13H2,(H,26,27)(H,28,29)(H4,21,22,24)/t15-,16-,17-/m0/s1. The Morgan fingerprint density at radius 2 is 2.03 bits per heavy atom. The highest BCUT2D eigenvalue weighted by Gasteiger charge is 2.25. The third-order valence-electron chi connectivity index (χ3n) is 4.90. The lowest BCUT2D eigenvalue weighted by Crippen LogP contribution is -2.51. The van der Waals surface area contributed by atoms with E-state index in [4.69, 9.17) is 11.5 Å². The molecule has 1 aromatic rings. The number of carboxylic acid groups (broad SMARTS) is 1. The van der Waals surface area contributed by atoms with E-state index in [9.17, 15) is 14.7 Å². The fourth-order valence-electron chi connectivity index (χ4n) is 3.38. The minimum absolute atomic E-state index is 0.00371. The number of carbonyl (C=O) groups excluding carboxylic acids is 1. The van der Waals surface area contributed by atoms with Gasteiger partial charge in [0.25, 0.3) is 0 Å². The van der Waals surface area contributed by atoms with Gasteiger partial charge in [-0.05, 0) is 44.2 Å². The number of carboxylic acids is 1. The van der Waals surface area contributed by atoms with E-state index in [1.807, 2.05) is 30.3 Å². The molecule has 1 amide bonds. The number of nitrogens with zero attached hydrogens (tertiary/aromatic N) is 1. The van der Waals surface area contributed by atoms with Gasteiger partial charge >= 0.3 is 5.97 Å². The second-order valence-electron chi connectivity index (χ2n) is 7.29. The van der Waals surface area contributed by atoms with E-state index in [0.717, 1.165) is 24.9 Å². The maximum absolute atomic E-state index is 12.5. The summed E-state index contributed by atoms with van der Waals surface area (Å²) in [5.41, 5.74) is 11.7. The van der Waals surface area contributed by atoms with Crippen LogP contribution in [0, 0.1) is 0 Å². The summed E-state index contributed by atoms with van der Waals surface area (Å²) in [4.78, 5) is 28.0. The number of aliphatic imine (C=N–C) groups is 1. The fourth-order valence-corrected chi connectivity index (χ4v) is 3.38. The molecule has 1 aliphatic rings. The number of hydrogen-bond donors (Lipinski definition) is 6. The molecule has 1 fully saturated rings. The number of nitrogens with one attached hydrogen (secondary N) is 3. The van der Waals surface area contributed by atoms with Gasteiger partial charge in [0.1, 0.15) is 6.04 Å². The molecule has 0 aliphatic carbocycles. The van der Waals surface area contributed by atoms with Gasteiger partial charge in [-0.25, -0.2) is 0 Å². The van der Waals surface area contributed by atoms with E-state index in [1.165, 1.54) is 0 Å². The van der Waals surface area contributed by atoms with E-state index < -0.39 is 12.0 Å². The van der Waals surface area contributed by atoms with Crippen LogP contribution in [0.3, 0.4) is 0 Å². The highest BCUT2D eigenvalue weighted by molar-refractivity contribution is 5.82. The van der Waals surface area contributed by atoms with Crippen molar-refractivity contribution in [2.45, 2.75) is 50.2 Å². The van der Waals surface area contributed by atoms with E-state index in [1.54, 1.807) is 0 Å². The molecule has 1 heterocycles. The molecule has 0 unspecified atom stereocenters. The molecule has 0 spiro atoms. The minimum Gasteiger partial charge on any atom is -0.480 e. The highest BCUT2D eigenvalue weighted by atomic mass is 16.4. The first-order valence-corrected chi connectivity index (χ1v) is 10.0. The van der Waals surface area contributed by atoms with Gasteiger partial charge in [-0.3, -0.25) is 14.6 Å². The molecule has 1 aliphatic heterocycles. The molecule has 29 heavy (non-hydrogen) atoms. The maximum atomic E-state index is 12.5. The summed E-state index contributed by atoms with van der Waals surface area (Å²) >= 11 is 0. The fraction of sp³-hybridized carbons (Fsp3) is 0.550. The lowest BCUT2D eigenvalue weighted by molar-refractivity contribution is -0.139. The summed E-state index contributed by atoms with van der Waals surface area (Å²) in [5.74, 6) is -0.974. The number of carbonyl (C=O) groups is 2. The lowest BCUT2D eigenvalue weighted by atomic mass is 10.0. The molecule has 1 aromatic carbocycles. The topological polar surface area (TPSA) is 155 Å². The molecule has 8 N–H and O–H groups in total. The third kappa shape index (κ3) is 8.49. The van der Waals surface area contributed by atoms with E-state index in [0.29, 0.717) is 32.4 Å². The Balaban J connectivity index is 1.93. The Hall–Kier alpha value is -2.65. The molecular weight excluding hydrogens is 372 g/mol. The van der Waals surface area contributed by atoms with Gasteiger partial charge in [-0.15, -0.1) is 0 Å². The molecule has 1 saturated heterocycles. The average Bonchev–Trinajstić information content (AvgIpc) is 3.22. The quantitative estimate of drug-likeness (QED) is 0.157. The minimum atomic E-state index is -0.933. The lowest BCUT2D eigenvalue weighted by Gasteiger charge is -2.24. The summed E-state index contributed by atoms with van der Waals surface area (Å²) in [7, 11) is 0. The number of rotatable bonds is 12. The Morgan fingerprint density at radius 3 is 2.66 bits per heavy atom. The van der Waals surface area contributed by atoms with Gasteiger partial charge in [-0.2, -0.15) is 0 Å².